The molecule has 0 radical (unpaired) electrons. The standard InChI is InChI=1S/C10H13NO3/c1-6-5-7(2)11(8(3)12)9(6)10(13)14-4/h5H,1-4H3. The molecule has 76 valence electrons. The third-order valence-corrected chi connectivity index (χ3v) is 2.07. The number of methoxy groups -OCH3 is 1. The average Bonchev–Trinajstić information content (AvgIpc) is 2.39. The first-order valence-corrected chi connectivity index (χ1v) is 4.27. The first kappa shape index (κ1) is 10.5. The van der Waals surface area contributed by atoms with E-state index in [4.69, 9.17) is 0 Å². The predicted octanol–water partition coefficient (Wildman–Crippen LogP) is 1.55. The van der Waals surface area contributed by atoms with Crippen molar-refractivity contribution >= 4 is 11.9 Å². The van der Waals surface area contributed by atoms with E-state index >= 15 is 0 Å². The molecule has 0 aromatic carbocycles. The minimum atomic E-state index is -0.481. The Kier molecular flexibility index (Phi) is 2.74. The Labute approximate surface area is 82.5 Å². The van der Waals surface area contributed by atoms with Gasteiger partial charge in [0.05, 0.1) is 7.11 Å². The third-order valence-electron chi connectivity index (χ3n) is 2.07. The normalized spacial score (nSPS) is 10.0. The lowest BCUT2D eigenvalue weighted by atomic mass is 10.2. The summed E-state index contributed by atoms with van der Waals surface area (Å²) in [6.45, 7) is 4.97. The van der Waals surface area contributed by atoms with E-state index in [1.54, 1.807) is 19.9 Å². The maximum Gasteiger partial charge on any atom is 0.355 e. The van der Waals surface area contributed by atoms with Gasteiger partial charge in [-0.05, 0) is 25.5 Å². The van der Waals surface area contributed by atoms with Crippen molar-refractivity contribution in [2.75, 3.05) is 7.11 Å². The van der Waals surface area contributed by atoms with Crippen LogP contribution in [0.2, 0.25) is 0 Å². The van der Waals surface area contributed by atoms with Crippen molar-refractivity contribution in [3.63, 3.8) is 0 Å². The molecule has 4 nitrogen and oxygen atoms in total. The molecule has 0 saturated carbocycles. The van der Waals surface area contributed by atoms with E-state index in [0.717, 1.165) is 11.3 Å². The number of carbonyl (C=O) groups is 2. The van der Waals surface area contributed by atoms with Gasteiger partial charge in [-0.15, -0.1) is 0 Å². The van der Waals surface area contributed by atoms with Gasteiger partial charge in [0.25, 0.3) is 0 Å². The quantitative estimate of drug-likeness (QED) is 0.639. The molecule has 0 spiro atoms. The molecule has 0 aliphatic heterocycles. The van der Waals surface area contributed by atoms with Gasteiger partial charge in [0.15, 0.2) is 0 Å². The van der Waals surface area contributed by atoms with Gasteiger partial charge < -0.3 is 4.74 Å². The molecular formula is C10H13NO3. The molecule has 0 N–H and O–H groups in total. The smallest absolute Gasteiger partial charge is 0.355 e. The molecule has 4 heteroatoms. The second kappa shape index (κ2) is 3.65. The van der Waals surface area contributed by atoms with Crippen LogP contribution >= 0.6 is 0 Å². The molecule has 0 atom stereocenters. The summed E-state index contributed by atoms with van der Waals surface area (Å²) >= 11 is 0. The highest BCUT2D eigenvalue weighted by Crippen LogP contribution is 2.15. The Hall–Kier alpha value is -1.58. The molecule has 1 rings (SSSR count). The Balaban J connectivity index is 3.39. The minimum Gasteiger partial charge on any atom is -0.464 e. The summed E-state index contributed by atoms with van der Waals surface area (Å²) in [4.78, 5) is 22.7. The molecule has 0 bridgehead atoms. The van der Waals surface area contributed by atoms with Gasteiger partial charge in [0.2, 0.25) is 5.91 Å². The molecule has 1 aromatic rings. The number of esters is 1. The minimum absolute atomic E-state index is 0.184. The number of aromatic nitrogens is 1. The SMILES string of the molecule is COC(=O)c1c(C)cc(C)n1C(C)=O. The van der Waals surface area contributed by atoms with Crippen molar-refractivity contribution in [3.8, 4) is 0 Å². The molecule has 0 saturated heterocycles. The van der Waals surface area contributed by atoms with Gasteiger partial charge >= 0.3 is 5.97 Å². The van der Waals surface area contributed by atoms with Crippen molar-refractivity contribution < 1.29 is 14.3 Å². The Morgan fingerprint density at radius 2 is 1.93 bits per heavy atom. The van der Waals surface area contributed by atoms with E-state index in [0.29, 0.717) is 5.69 Å². The van der Waals surface area contributed by atoms with Crippen LogP contribution in [0, 0.1) is 13.8 Å². The summed E-state index contributed by atoms with van der Waals surface area (Å²) < 4.78 is 5.97. The molecule has 0 unspecified atom stereocenters. The van der Waals surface area contributed by atoms with Crippen LogP contribution in [0.3, 0.4) is 0 Å². The molecule has 0 aliphatic rings. The highest BCUT2D eigenvalue weighted by atomic mass is 16.5. The highest BCUT2D eigenvalue weighted by Gasteiger charge is 2.19. The van der Waals surface area contributed by atoms with E-state index < -0.39 is 5.97 Å². The monoisotopic (exact) mass is 195 g/mol. The Morgan fingerprint density at radius 1 is 1.36 bits per heavy atom. The van der Waals surface area contributed by atoms with E-state index in [1.165, 1.54) is 18.6 Å². The summed E-state index contributed by atoms with van der Waals surface area (Å²) in [7, 11) is 1.30. The highest BCUT2D eigenvalue weighted by molar-refractivity contribution is 5.95. The van der Waals surface area contributed by atoms with Crippen molar-refractivity contribution in [3.05, 3.63) is 23.0 Å². The Morgan fingerprint density at radius 3 is 2.36 bits per heavy atom. The first-order chi connectivity index (χ1) is 6.49. The van der Waals surface area contributed by atoms with Crippen LogP contribution < -0.4 is 0 Å². The van der Waals surface area contributed by atoms with Gasteiger partial charge in [-0.2, -0.15) is 0 Å². The van der Waals surface area contributed by atoms with Crippen LogP contribution in [0.1, 0.15) is 33.5 Å². The Bertz CT molecular complexity index is 390. The molecule has 0 fully saturated rings. The lowest BCUT2D eigenvalue weighted by molar-refractivity contribution is 0.0580. The van der Waals surface area contributed by atoms with E-state index in [9.17, 15) is 9.59 Å². The van der Waals surface area contributed by atoms with Gasteiger partial charge in [-0.1, -0.05) is 0 Å². The summed E-state index contributed by atoms with van der Waals surface area (Å²) in [6, 6.07) is 1.79. The molecule has 0 amide bonds. The topological polar surface area (TPSA) is 48.3 Å². The van der Waals surface area contributed by atoms with Crippen molar-refractivity contribution in [2.45, 2.75) is 20.8 Å². The number of nitrogens with zero attached hydrogens (tertiary/aromatic N) is 1. The molecular weight excluding hydrogens is 182 g/mol. The van der Waals surface area contributed by atoms with Crippen molar-refractivity contribution in [1.29, 1.82) is 0 Å². The fourth-order valence-electron chi connectivity index (χ4n) is 1.55. The zero-order valence-corrected chi connectivity index (χ0v) is 8.75. The maximum atomic E-state index is 11.4. The second-order valence-electron chi connectivity index (χ2n) is 3.16. The maximum absolute atomic E-state index is 11.4. The van der Waals surface area contributed by atoms with Crippen LogP contribution in [-0.2, 0) is 4.74 Å². The summed E-state index contributed by atoms with van der Waals surface area (Å²) in [5.74, 6) is -0.665. The summed E-state index contributed by atoms with van der Waals surface area (Å²) in [5.41, 5.74) is 1.82. The molecule has 1 aromatic heterocycles. The predicted molar refractivity (Wildman–Crippen MR) is 51.5 cm³/mol. The zero-order valence-electron chi connectivity index (χ0n) is 8.75. The van der Waals surface area contributed by atoms with Crippen molar-refractivity contribution in [1.82, 2.24) is 4.57 Å². The first-order valence-electron chi connectivity index (χ1n) is 4.27. The number of hydrogen-bond donors (Lipinski definition) is 0. The lowest BCUT2D eigenvalue weighted by Gasteiger charge is -2.05. The van der Waals surface area contributed by atoms with Crippen LogP contribution in [0.25, 0.3) is 0 Å². The summed E-state index contributed by atoms with van der Waals surface area (Å²) in [5, 5.41) is 0. The van der Waals surface area contributed by atoms with E-state index in [2.05, 4.69) is 4.74 Å². The lowest BCUT2D eigenvalue weighted by Crippen LogP contribution is -2.17. The largest absolute Gasteiger partial charge is 0.464 e. The number of hydrogen-bond acceptors (Lipinski definition) is 3. The average molecular weight is 195 g/mol. The summed E-state index contributed by atoms with van der Waals surface area (Å²) in [6.07, 6.45) is 0. The van der Waals surface area contributed by atoms with Crippen molar-refractivity contribution in [2.24, 2.45) is 0 Å². The van der Waals surface area contributed by atoms with E-state index in [1.807, 2.05) is 0 Å². The third kappa shape index (κ3) is 1.55. The number of aryl methyl sites for hydroxylation is 2. The number of rotatable bonds is 1. The fourth-order valence-corrected chi connectivity index (χ4v) is 1.55. The van der Waals surface area contributed by atoms with Gasteiger partial charge in [0, 0.05) is 12.6 Å². The molecule has 1 heterocycles. The molecule has 0 aliphatic carbocycles. The van der Waals surface area contributed by atoms with Gasteiger partial charge in [-0.25, -0.2) is 4.79 Å². The fraction of sp³-hybridized carbons (Fsp3) is 0.400. The van der Waals surface area contributed by atoms with Gasteiger partial charge in [-0.3, -0.25) is 9.36 Å². The van der Waals surface area contributed by atoms with E-state index in [-0.39, 0.29) is 5.91 Å². The number of ether oxygens (including phenoxy) is 1. The second-order valence-corrected chi connectivity index (χ2v) is 3.16. The van der Waals surface area contributed by atoms with Crippen LogP contribution in [0.15, 0.2) is 6.07 Å². The molecule has 14 heavy (non-hydrogen) atoms. The zero-order chi connectivity index (χ0) is 10.9. The number of carbonyl (C=O) groups excluding carboxylic acids is 2. The van der Waals surface area contributed by atoms with Crippen LogP contribution in [-0.4, -0.2) is 23.6 Å². The van der Waals surface area contributed by atoms with Gasteiger partial charge in [0.1, 0.15) is 5.69 Å². The van der Waals surface area contributed by atoms with Crippen LogP contribution in [0.4, 0.5) is 0 Å². The van der Waals surface area contributed by atoms with Crippen LogP contribution in [0.5, 0.6) is 0 Å².